The number of hydrogen-bond acceptors (Lipinski definition) is 9. The van der Waals surface area contributed by atoms with Crippen LogP contribution in [0.2, 0.25) is 0 Å². The highest BCUT2D eigenvalue weighted by molar-refractivity contribution is 5.98. The summed E-state index contributed by atoms with van der Waals surface area (Å²) in [5, 5.41) is 30.8. The minimum atomic E-state index is -0.472. The number of azo groups is 2. The van der Waals surface area contributed by atoms with Crippen LogP contribution in [0.1, 0.15) is 51.4 Å². The molecule has 0 radical (unpaired) electrons. The molecule has 1 N–H and O–H groups in total. The third-order valence-electron chi connectivity index (χ3n) is 9.45. The molecule has 1 heterocycles. The van der Waals surface area contributed by atoms with Crippen molar-refractivity contribution in [2.24, 2.45) is 20.5 Å². The summed E-state index contributed by atoms with van der Waals surface area (Å²) < 4.78 is 17.8. The quantitative estimate of drug-likeness (QED) is 0.0533. The molecule has 0 bridgehead atoms. The molecule has 0 saturated carbocycles. The van der Waals surface area contributed by atoms with Gasteiger partial charge in [0.15, 0.2) is 0 Å². The zero-order valence-corrected chi connectivity index (χ0v) is 31.2. The van der Waals surface area contributed by atoms with Crippen molar-refractivity contribution >= 4 is 44.5 Å². The number of hydrogen-bond donors (Lipinski definition) is 1. The van der Waals surface area contributed by atoms with Crippen molar-refractivity contribution < 1.29 is 19.0 Å². The third kappa shape index (κ3) is 10.1. The highest BCUT2D eigenvalue weighted by Gasteiger charge is 2.15. The van der Waals surface area contributed by atoms with Crippen molar-refractivity contribution in [1.82, 2.24) is 0 Å². The number of aromatic hydroxyl groups is 1. The van der Waals surface area contributed by atoms with Gasteiger partial charge in [0, 0.05) is 29.1 Å². The molecule has 0 atom stereocenters. The molecule has 9 nitrogen and oxygen atoms in total. The van der Waals surface area contributed by atoms with E-state index in [1.54, 1.807) is 6.07 Å². The van der Waals surface area contributed by atoms with Gasteiger partial charge in [-0.1, -0.05) is 117 Å². The van der Waals surface area contributed by atoms with Crippen LogP contribution < -0.4 is 15.1 Å². The molecular weight excluding hydrogens is 701 g/mol. The summed E-state index contributed by atoms with van der Waals surface area (Å²) >= 11 is 0. The first kappa shape index (κ1) is 37.7. The van der Waals surface area contributed by atoms with Crippen LogP contribution in [0.25, 0.3) is 32.9 Å². The van der Waals surface area contributed by atoms with Gasteiger partial charge in [-0.15, -0.1) is 5.11 Å². The average molecular weight is 745 g/mol. The molecule has 1 aromatic heterocycles. The predicted molar refractivity (Wildman–Crippen MR) is 223 cm³/mol. The van der Waals surface area contributed by atoms with Gasteiger partial charge in [0.1, 0.15) is 28.5 Å². The lowest BCUT2D eigenvalue weighted by Gasteiger charge is -2.13. The second kappa shape index (κ2) is 19.1. The molecule has 0 saturated heterocycles. The summed E-state index contributed by atoms with van der Waals surface area (Å²) in [5.74, 6) is 1.23. The Hall–Kier alpha value is -6.61. The van der Waals surface area contributed by atoms with Gasteiger partial charge in [-0.2, -0.15) is 15.3 Å². The third-order valence-corrected chi connectivity index (χ3v) is 9.45. The van der Waals surface area contributed by atoms with Crippen LogP contribution in [-0.4, -0.2) is 18.3 Å². The van der Waals surface area contributed by atoms with Gasteiger partial charge in [-0.05, 0) is 66.3 Å². The number of phenolic OH excluding ortho intramolecular Hbond substituents is 1. The molecule has 0 amide bonds. The fourth-order valence-electron chi connectivity index (χ4n) is 6.60. The first-order chi connectivity index (χ1) is 27.6. The van der Waals surface area contributed by atoms with E-state index in [2.05, 4.69) is 32.6 Å². The van der Waals surface area contributed by atoms with Crippen LogP contribution in [0, 0.1) is 0 Å². The maximum absolute atomic E-state index is 12.3. The van der Waals surface area contributed by atoms with Crippen molar-refractivity contribution in [2.45, 2.75) is 51.4 Å². The zero-order chi connectivity index (χ0) is 38.4. The Labute approximate surface area is 326 Å². The second-order valence-corrected chi connectivity index (χ2v) is 13.6. The molecule has 9 heteroatoms. The minimum Gasteiger partial charge on any atom is -0.508 e. The summed E-state index contributed by atoms with van der Waals surface area (Å²) in [5.41, 5.74) is 4.42. The van der Waals surface area contributed by atoms with Gasteiger partial charge in [-0.25, -0.2) is 4.79 Å². The Morgan fingerprint density at radius 1 is 0.518 bits per heavy atom. The highest BCUT2D eigenvalue weighted by atomic mass is 16.5. The summed E-state index contributed by atoms with van der Waals surface area (Å²) in [4.78, 5) is 12.3. The Morgan fingerprint density at radius 2 is 1.07 bits per heavy atom. The molecule has 7 aromatic rings. The number of phenols is 1. The minimum absolute atomic E-state index is 0.00363. The van der Waals surface area contributed by atoms with Crippen molar-refractivity contribution in [3.63, 3.8) is 0 Å². The lowest BCUT2D eigenvalue weighted by Crippen LogP contribution is -2.02. The van der Waals surface area contributed by atoms with E-state index < -0.39 is 5.63 Å². The summed E-state index contributed by atoms with van der Waals surface area (Å²) in [7, 11) is 0. The van der Waals surface area contributed by atoms with E-state index in [0.717, 1.165) is 89.7 Å². The molecule has 56 heavy (non-hydrogen) atoms. The Balaban J connectivity index is 0.839. The predicted octanol–water partition coefficient (Wildman–Crippen LogP) is 13.7. The molecule has 7 rings (SSSR count). The van der Waals surface area contributed by atoms with Crippen LogP contribution in [0.15, 0.2) is 169 Å². The van der Waals surface area contributed by atoms with E-state index in [-0.39, 0.29) is 5.75 Å². The van der Waals surface area contributed by atoms with E-state index in [4.69, 9.17) is 13.9 Å². The van der Waals surface area contributed by atoms with Crippen molar-refractivity contribution in [3.8, 4) is 28.4 Å². The van der Waals surface area contributed by atoms with E-state index in [1.165, 1.54) is 18.6 Å². The van der Waals surface area contributed by atoms with Gasteiger partial charge >= 0.3 is 5.63 Å². The smallest absolute Gasteiger partial charge is 0.336 e. The van der Waals surface area contributed by atoms with E-state index in [9.17, 15) is 9.90 Å². The lowest BCUT2D eigenvalue weighted by molar-refractivity contribution is 0.302. The molecular formula is C47H44N4O5. The normalized spacial score (nSPS) is 11.6. The average Bonchev–Trinajstić information content (AvgIpc) is 3.23. The fourth-order valence-corrected chi connectivity index (χ4v) is 6.60. The van der Waals surface area contributed by atoms with Crippen molar-refractivity contribution in [2.75, 3.05) is 13.2 Å². The van der Waals surface area contributed by atoms with Crippen molar-refractivity contribution in [1.29, 1.82) is 0 Å². The Morgan fingerprint density at radius 3 is 1.75 bits per heavy atom. The highest BCUT2D eigenvalue weighted by Crippen LogP contribution is 2.39. The zero-order valence-electron chi connectivity index (χ0n) is 31.2. The molecule has 0 unspecified atom stereocenters. The van der Waals surface area contributed by atoms with Crippen molar-refractivity contribution in [3.05, 3.63) is 150 Å². The first-order valence-electron chi connectivity index (χ1n) is 19.2. The molecule has 0 aliphatic rings. The molecule has 6 aromatic carbocycles. The maximum atomic E-state index is 12.3. The number of unbranched alkanes of at least 4 members (excludes halogenated alkanes) is 7. The largest absolute Gasteiger partial charge is 0.508 e. The summed E-state index contributed by atoms with van der Waals surface area (Å²) in [6, 6.07) is 43.5. The number of fused-ring (bicyclic) bond motifs is 2. The molecule has 0 aliphatic heterocycles. The van der Waals surface area contributed by atoms with Gasteiger partial charge in [0.2, 0.25) is 0 Å². The number of ether oxygens (including phenoxy) is 2. The molecule has 0 spiro atoms. The number of rotatable bonds is 18. The SMILES string of the molecule is O=c1cc(-c2ccccc2)c2c(OCCCCCCCCCCOc3ccc4ccccc4c3/N=N/c3ccc(/N=N/c4ccccc4)cc3)cc(O)cc2o1. The van der Waals surface area contributed by atoms with Gasteiger partial charge in [0.05, 0.1) is 35.7 Å². The van der Waals surface area contributed by atoms with Crippen LogP contribution in [0.5, 0.6) is 17.2 Å². The van der Waals surface area contributed by atoms with Crippen LogP contribution in [0.3, 0.4) is 0 Å². The molecule has 282 valence electrons. The Kier molecular flexibility index (Phi) is 12.9. The lowest BCUT2D eigenvalue weighted by atomic mass is 10.0. The second-order valence-electron chi connectivity index (χ2n) is 13.6. The number of nitrogens with zero attached hydrogens (tertiary/aromatic N) is 4. The van der Waals surface area contributed by atoms with Crippen LogP contribution in [-0.2, 0) is 0 Å². The van der Waals surface area contributed by atoms with E-state index >= 15 is 0 Å². The molecule has 0 aliphatic carbocycles. The molecule has 0 fully saturated rings. The summed E-state index contributed by atoms with van der Waals surface area (Å²) in [6.07, 6.45) is 8.57. The first-order valence-corrected chi connectivity index (χ1v) is 19.2. The van der Waals surface area contributed by atoms with Gasteiger partial charge < -0.3 is 19.0 Å². The van der Waals surface area contributed by atoms with E-state index in [0.29, 0.717) is 35.6 Å². The fraction of sp³-hybridized carbons (Fsp3) is 0.213. The van der Waals surface area contributed by atoms with Crippen LogP contribution in [0.4, 0.5) is 22.7 Å². The monoisotopic (exact) mass is 744 g/mol. The van der Waals surface area contributed by atoms with Gasteiger partial charge in [-0.3, -0.25) is 0 Å². The summed E-state index contributed by atoms with van der Waals surface area (Å²) in [6.45, 7) is 1.12. The number of benzene rings is 6. The standard InChI is InChI=1S/C47H44N4O5/c52-39-31-43(46-41(34-17-9-7-10-18-34)33-45(53)56-44(46)32-39)55-30-16-6-4-2-1-3-5-15-29-54-42-28-23-35-19-13-14-22-40(35)47(42)51-50-38-26-24-37(25-27-38)49-48-36-20-11-8-12-21-36/h7-14,17-28,31-33,52H,1-6,15-16,29-30H2/b49-48+,51-50+. The Bertz CT molecular complexity index is 2460. The van der Waals surface area contributed by atoms with Crippen LogP contribution >= 0.6 is 0 Å². The van der Waals surface area contributed by atoms with E-state index in [1.807, 2.05) is 109 Å². The van der Waals surface area contributed by atoms with Gasteiger partial charge in [0.25, 0.3) is 0 Å². The maximum Gasteiger partial charge on any atom is 0.336 e. The topological polar surface area (TPSA) is 118 Å².